The summed E-state index contributed by atoms with van der Waals surface area (Å²) in [5.74, 6) is 0.399. The summed E-state index contributed by atoms with van der Waals surface area (Å²) in [4.78, 5) is 0.125. The zero-order chi connectivity index (χ0) is 15.6. The summed E-state index contributed by atoms with van der Waals surface area (Å²) in [6, 6.07) is 10.3. The van der Waals surface area contributed by atoms with E-state index in [1.807, 2.05) is 19.1 Å². The van der Waals surface area contributed by atoms with Crippen molar-refractivity contribution < 1.29 is 13.2 Å². The third kappa shape index (κ3) is 3.57. The monoisotopic (exact) mass is 369 g/mol. The summed E-state index contributed by atoms with van der Waals surface area (Å²) in [6.45, 7) is 1.91. The fraction of sp³-hybridized carbons (Fsp3) is 0.200. The van der Waals surface area contributed by atoms with Crippen LogP contribution in [0, 0.1) is 6.92 Å². The number of aryl methyl sites for hydroxylation is 1. The van der Waals surface area contributed by atoms with Crippen molar-refractivity contribution in [1.82, 2.24) is 0 Å². The molecule has 0 bridgehead atoms. The highest BCUT2D eigenvalue weighted by atomic mass is 79.9. The van der Waals surface area contributed by atoms with Gasteiger partial charge in [-0.15, -0.1) is 0 Å². The summed E-state index contributed by atoms with van der Waals surface area (Å²) < 4.78 is 31.1. The Morgan fingerprint density at radius 3 is 2.57 bits per heavy atom. The Labute approximate surface area is 133 Å². The molecular formula is C15H16BrNO3S. The Morgan fingerprint density at radius 1 is 1.19 bits per heavy atom. The van der Waals surface area contributed by atoms with Gasteiger partial charge in [-0.05, 0) is 31.2 Å². The van der Waals surface area contributed by atoms with E-state index in [4.69, 9.17) is 10.5 Å². The maximum Gasteiger partial charge on any atom is 0.184 e. The molecule has 0 aliphatic heterocycles. The molecule has 0 amide bonds. The molecule has 0 unspecified atom stereocenters. The molecule has 0 heterocycles. The van der Waals surface area contributed by atoms with Gasteiger partial charge in [0.1, 0.15) is 5.75 Å². The van der Waals surface area contributed by atoms with Gasteiger partial charge in [0.05, 0.1) is 23.4 Å². The van der Waals surface area contributed by atoms with Gasteiger partial charge < -0.3 is 10.5 Å². The largest absolute Gasteiger partial charge is 0.496 e. The Morgan fingerprint density at radius 2 is 1.90 bits per heavy atom. The fourth-order valence-corrected chi connectivity index (χ4v) is 4.12. The summed E-state index contributed by atoms with van der Waals surface area (Å²) >= 11 is 3.27. The molecule has 0 saturated carbocycles. The van der Waals surface area contributed by atoms with E-state index in [2.05, 4.69) is 15.9 Å². The molecule has 112 valence electrons. The van der Waals surface area contributed by atoms with Crippen molar-refractivity contribution in [1.29, 1.82) is 0 Å². The van der Waals surface area contributed by atoms with Crippen molar-refractivity contribution >= 4 is 31.5 Å². The van der Waals surface area contributed by atoms with E-state index in [1.54, 1.807) is 18.2 Å². The number of hydrogen-bond acceptors (Lipinski definition) is 4. The summed E-state index contributed by atoms with van der Waals surface area (Å²) in [5, 5.41) is 0. The minimum Gasteiger partial charge on any atom is -0.496 e. The lowest BCUT2D eigenvalue weighted by atomic mass is 10.1. The van der Waals surface area contributed by atoms with Gasteiger partial charge in [-0.3, -0.25) is 0 Å². The third-order valence-corrected chi connectivity index (χ3v) is 5.30. The first-order chi connectivity index (χ1) is 9.83. The zero-order valence-corrected chi connectivity index (χ0v) is 14.2. The summed E-state index contributed by atoms with van der Waals surface area (Å²) in [7, 11) is -2.03. The molecule has 0 saturated heterocycles. The number of ether oxygens (including phenoxy) is 1. The predicted molar refractivity (Wildman–Crippen MR) is 87.2 cm³/mol. The Balaban J connectivity index is 2.47. The van der Waals surface area contributed by atoms with Gasteiger partial charge in [0.15, 0.2) is 9.84 Å². The van der Waals surface area contributed by atoms with Gasteiger partial charge >= 0.3 is 0 Å². The van der Waals surface area contributed by atoms with E-state index >= 15 is 0 Å². The molecule has 2 aromatic carbocycles. The van der Waals surface area contributed by atoms with Crippen molar-refractivity contribution in [2.45, 2.75) is 17.6 Å². The van der Waals surface area contributed by atoms with Crippen LogP contribution >= 0.6 is 15.9 Å². The highest BCUT2D eigenvalue weighted by Gasteiger charge is 2.21. The highest BCUT2D eigenvalue weighted by molar-refractivity contribution is 9.10. The maximum absolute atomic E-state index is 12.6. The van der Waals surface area contributed by atoms with E-state index in [-0.39, 0.29) is 16.3 Å². The standard InChI is InChI=1S/C15H16BrNO3S/c1-10-3-6-14(20-2)11(7-10)9-21(18,19)15-8-12(16)4-5-13(15)17/h3-8H,9,17H2,1-2H3. The Bertz CT molecular complexity index is 772. The summed E-state index contributed by atoms with van der Waals surface area (Å²) in [6.07, 6.45) is 0. The Kier molecular flexibility index (Phi) is 4.58. The van der Waals surface area contributed by atoms with Crippen LogP contribution < -0.4 is 10.5 Å². The lowest BCUT2D eigenvalue weighted by Gasteiger charge is -2.12. The van der Waals surface area contributed by atoms with Crippen LogP contribution in [0.2, 0.25) is 0 Å². The second kappa shape index (κ2) is 6.07. The maximum atomic E-state index is 12.6. The second-order valence-corrected chi connectivity index (χ2v) is 7.63. The Hall–Kier alpha value is -1.53. The van der Waals surface area contributed by atoms with Gasteiger partial charge in [0.25, 0.3) is 0 Å². The first kappa shape index (κ1) is 15.9. The van der Waals surface area contributed by atoms with Crippen molar-refractivity contribution in [2.24, 2.45) is 0 Å². The molecule has 2 rings (SSSR count). The minimum atomic E-state index is -3.55. The normalized spacial score (nSPS) is 11.4. The van der Waals surface area contributed by atoms with E-state index < -0.39 is 9.84 Å². The van der Waals surface area contributed by atoms with E-state index in [9.17, 15) is 8.42 Å². The number of nitrogens with two attached hydrogens (primary N) is 1. The number of nitrogen functional groups attached to an aromatic ring is 1. The molecule has 0 aliphatic rings. The van der Waals surface area contributed by atoms with Crippen molar-refractivity contribution in [3.05, 3.63) is 52.0 Å². The lowest BCUT2D eigenvalue weighted by Crippen LogP contribution is -2.09. The molecule has 0 spiro atoms. The average molecular weight is 370 g/mol. The number of halogens is 1. The van der Waals surface area contributed by atoms with Gasteiger partial charge in [-0.25, -0.2) is 8.42 Å². The van der Waals surface area contributed by atoms with E-state index in [0.717, 1.165) is 5.56 Å². The number of methoxy groups -OCH3 is 1. The molecule has 2 N–H and O–H groups in total. The van der Waals surface area contributed by atoms with Crippen LogP contribution in [0.25, 0.3) is 0 Å². The number of sulfone groups is 1. The summed E-state index contributed by atoms with van der Waals surface area (Å²) in [5.41, 5.74) is 7.64. The van der Waals surface area contributed by atoms with Gasteiger partial charge in [0.2, 0.25) is 0 Å². The molecule has 0 atom stereocenters. The van der Waals surface area contributed by atoms with Crippen LogP contribution in [0.5, 0.6) is 5.75 Å². The van der Waals surface area contributed by atoms with Crippen LogP contribution in [-0.4, -0.2) is 15.5 Å². The zero-order valence-electron chi connectivity index (χ0n) is 11.8. The fourth-order valence-electron chi connectivity index (χ4n) is 2.08. The quantitative estimate of drug-likeness (QED) is 0.839. The van der Waals surface area contributed by atoms with Gasteiger partial charge in [-0.2, -0.15) is 0 Å². The molecule has 0 radical (unpaired) electrons. The highest BCUT2D eigenvalue weighted by Crippen LogP contribution is 2.29. The third-order valence-electron chi connectivity index (χ3n) is 3.09. The van der Waals surface area contributed by atoms with Crippen LogP contribution in [0.15, 0.2) is 45.8 Å². The number of hydrogen-bond donors (Lipinski definition) is 1. The molecule has 0 aliphatic carbocycles. The number of rotatable bonds is 4. The second-order valence-electron chi connectivity index (χ2n) is 4.76. The number of anilines is 1. The lowest BCUT2D eigenvalue weighted by molar-refractivity contribution is 0.411. The molecule has 4 nitrogen and oxygen atoms in total. The van der Waals surface area contributed by atoms with Crippen molar-refractivity contribution in [3.8, 4) is 5.75 Å². The molecule has 0 aromatic heterocycles. The first-order valence-electron chi connectivity index (χ1n) is 6.25. The van der Waals surface area contributed by atoms with Gasteiger partial charge in [0, 0.05) is 10.0 Å². The van der Waals surface area contributed by atoms with Crippen LogP contribution in [0.3, 0.4) is 0 Å². The molecule has 6 heteroatoms. The van der Waals surface area contributed by atoms with Crippen LogP contribution in [0.1, 0.15) is 11.1 Å². The van der Waals surface area contributed by atoms with E-state index in [1.165, 1.54) is 13.2 Å². The van der Waals surface area contributed by atoms with Crippen LogP contribution in [0.4, 0.5) is 5.69 Å². The topological polar surface area (TPSA) is 69.4 Å². The minimum absolute atomic E-state index is 0.125. The smallest absolute Gasteiger partial charge is 0.184 e. The molecule has 2 aromatic rings. The average Bonchev–Trinajstić information content (AvgIpc) is 2.41. The van der Waals surface area contributed by atoms with Crippen molar-refractivity contribution in [3.63, 3.8) is 0 Å². The first-order valence-corrected chi connectivity index (χ1v) is 8.69. The molecule has 21 heavy (non-hydrogen) atoms. The molecular weight excluding hydrogens is 354 g/mol. The number of benzene rings is 2. The van der Waals surface area contributed by atoms with Crippen LogP contribution in [-0.2, 0) is 15.6 Å². The molecule has 0 fully saturated rings. The van der Waals surface area contributed by atoms with E-state index in [0.29, 0.717) is 15.8 Å². The van der Waals surface area contributed by atoms with Crippen molar-refractivity contribution in [2.75, 3.05) is 12.8 Å². The van der Waals surface area contributed by atoms with Gasteiger partial charge in [-0.1, -0.05) is 33.6 Å². The SMILES string of the molecule is COc1ccc(C)cc1CS(=O)(=O)c1cc(Br)ccc1N. The predicted octanol–water partition coefficient (Wildman–Crippen LogP) is 3.32.